The zero-order valence-electron chi connectivity index (χ0n) is 10.5. The van der Waals surface area contributed by atoms with Crippen molar-refractivity contribution < 1.29 is 9.90 Å². The third-order valence-electron chi connectivity index (χ3n) is 2.61. The molecule has 0 aliphatic heterocycles. The molecule has 1 unspecified atom stereocenters. The predicted molar refractivity (Wildman–Crippen MR) is 79.1 cm³/mol. The van der Waals surface area contributed by atoms with Gasteiger partial charge in [0.05, 0.1) is 0 Å². The van der Waals surface area contributed by atoms with Crippen molar-refractivity contribution in [2.24, 2.45) is 5.73 Å². The van der Waals surface area contributed by atoms with Gasteiger partial charge >= 0.3 is 5.97 Å². The van der Waals surface area contributed by atoms with Crippen LogP contribution in [0.5, 0.6) is 0 Å². The van der Waals surface area contributed by atoms with Crippen molar-refractivity contribution in [3.8, 4) is 0 Å². The van der Waals surface area contributed by atoms with Crippen molar-refractivity contribution in [2.75, 3.05) is 0 Å². The summed E-state index contributed by atoms with van der Waals surface area (Å²) in [6.45, 7) is 0. The van der Waals surface area contributed by atoms with E-state index in [1.165, 1.54) is 11.8 Å². The van der Waals surface area contributed by atoms with Crippen LogP contribution < -0.4 is 5.73 Å². The van der Waals surface area contributed by atoms with Gasteiger partial charge in [0.1, 0.15) is 11.1 Å². The van der Waals surface area contributed by atoms with Crippen molar-refractivity contribution in [3.05, 3.63) is 53.2 Å². The maximum atomic E-state index is 10.7. The molecule has 0 aliphatic rings. The second kappa shape index (κ2) is 6.74. The molecule has 0 saturated heterocycles. The molecule has 2 aromatic rings. The Bertz CT molecular complexity index is 587. The first-order valence-electron chi connectivity index (χ1n) is 5.91. The van der Waals surface area contributed by atoms with Crippen LogP contribution in [0.4, 0.5) is 0 Å². The largest absolute Gasteiger partial charge is 0.480 e. The van der Waals surface area contributed by atoms with Gasteiger partial charge < -0.3 is 10.8 Å². The SMILES string of the molecule is NC(Cc1ccc(Sc2ccc(Cl)cc2)nc1)C(=O)O. The summed E-state index contributed by atoms with van der Waals surface area (Å²) in [5.74, 6) is -1.01. The first kappa shape index (κ1) is 14.8. The number of benzene rings is 1. The van der Waals surface area contributed by atoms with E-state index in [0.29, 0.717) is 5.02 Å². The number of carboxylic acids is 1. The Hall–Kier alpha value is -1.56. The Labute approximate surface area is 126 Å². The van der Waals surface area contributed by atoms with Crippen LogP contribution in [0.3, 0.4) is 0 Å². The smallest absolute Gasteiger partial charge is 0.320 e. The minimum Gasteiger partial charge on any atom is -0.480 e. The average Bonchev–Trinajstić information content (AvgIpc) is 2.43. The Kier molecular flexibility index (Phi) is 5.00. The number of pyridine rings is 1. The summed E-state index contributed by atoms with van der Waals surface area (Å²) >= 11 is 7.34. The molecule has 0 bridgehead atoms. The van der Waals surface area contributed by atoms with Crippen LogP contribution >= 0.6 is 23.4 Å². The molecule has 1 heterocycles. The van der Waals surface area contributed by atoms with Gasteiger partial charge in [0.25, 0.3) is 0 Å². The highest BCUT2D eigenvalue weighted by Gasteiger charge is 2.12. The van der Waals surface area contributed by atoms with E-state index in [2.05, 4.69) is 4.98 Å². The quantitative estimate of drug-likeness (QED) is 0.888. The second-order valence-electron chi connectivity index (χ2n) is 4.21. The summed E-state index contributed by atoms with van der Waals surface area (Å²) in [7, 11) is 0. The number of nitrogens with two attached hydrogens (primary N) is 1. The van der Waals surface area contributed by atoms with Crippen molar-refractivity contribution in [2.45, 2.75) is 22.4 Å². The molecule has 0 saturated carbocycles. The van der Waals surface area contributed by atoms with Crippen molar-refractivity contribution in [1.29, 1.82) is 0 Å². The fourth-order valence-electron chi connectivity index (χ4n) is 1.56. The van der Waals surface area contributed by atoms with E-state index in [9.17, 15) is 4.79 Å². The molecule has 3 N–H and O–H groups in total. The van der Waals surface area contributed by atoms with Gasteiger partial charge in [-0.2, -0.15) is 0 Å². The molecule has 1 aromatic carbocycles. The minimum absolute atomic E-state index is 0.272. The Morgan fingerprint density at radius 2 is 2.00 bits per heavy atom. The summed E-state index contributed by atoms with van der Waals surface area (Å²) in [5, 5.41) is 10.3. The average molecular weight is 309 g/mol. The monoisotopic (exact) mass is 308 g/mol. The highest BCUT2D eigenvalue weighted by atomic mass is 35.5. The highest BCUT2D eigenvalue weighted by Crippen LogP contribution is 2.27. The van der Waals surface area contributed by atoms with E-state index in [-0.39, 0.29) is 6.42 Å². The van der Waals surface area contributed by atoms with Crippen LogP contribution in [-0.2, 0) is 11.2 Å². The highest BCUT2D eigenvalue weighted by molar-refractivity contribution is 7.99. The minimum atomic E-state index is -1.01. The van der Waals surface area contributed by atoms with Crippen molar-refractivity contribution in [3.63, 3.8) is 0 Å². The molecule has 4 nitrogen and oxygen atoms in total. The standard InChI is InChI=1S/C14H13ClN2O2S/c15-10-2-4-11(5-3-10)20-13-6-1-9(8-17-13)7-12(16)14(18)19/h1-6,8,12H,7,16H2,(H,18,19). The molecule has 0 spiro atoms. The van der Waals surface area contributed by atoms with E-state index < -0.39 is 12.0 Å². The maximum Gasteiger partial charge on any atom is 0.320 e. The molecule has 2 rings (SSSR count). The van der Waals surface area contributed by atoms with Gasteiger partial charge in [-0.3, -0.25) is 4.79 Å². The fraction of sp³-hybridized carbons (Fsp3) is 0.143. The van der Waals surface area contributed by atoms with E-state index >= 15 is 0 Å². The molecule has 1 aromatic heterocycles. The molecule has 6 heteroatoms. The second-order valence-corrected chi connectivity index (χ2v) is 5.74. The molecule has 20 heavy (non-hydrogen) atoms. The number of aromatic nitrogens is 1. The van der Waals surface area contributed by atoms with Gasteiger partial charge in [-0.05, 0) is 42.3 Å². The third-order valence-corrected chi connectivity index (χ3v) is 3.82. The predicted octanol–water partition coefficient (Wildman–Crippen LogP) is 2.84. The molecule has 0 amide bonds. The zero-order valence-corrected chi connectivity index (χ0v) is 12.1. The van der Waals surface area contributed by atoms with Gasteiger partial charge in [-0.15, -0.1) is 0 Å². The van der Waals surface area contributed by atoms with Gasteiger partial charge in [0.15, 0.2) is 0 Å². The number of carbonyl (C=O) groups is 1. The molecular weight excluding hydrogens is 296 g/mol. The molecule has 0 aliphatic carbocycles. The van der Waals surface area contributed by atoms with Crippen molar-refractivity contribution >= 4 is 29.3 Å². The summed E-state index contributed by atoms with van der Waals surface area (Å²) in [6, 6.07) is 10.3. The van der Waals surface area contributed by atoms with Gasteiger partial charge in [-0.25, -0.2) is 4.98 Å². The number of carboxylic acid groups (broad SMARTS) is 1. The van der Waals surface area contributed by atoms with E-state index in [4.69, 9.17) is 22.4 Å². The van der Waals surface area contributed by atoms with Crippen LogP contribution in [0.25, 0.3) is 0 Å². The first-order chi connectivity index (χ1) is 9.54. The number of rotatable bonds is 5. The van der Waals surface area contributed by atoms with Gasteiger partial charge in [0.2, 0.25) is 0 Å². The summed E-state index contributed by atoms with van der Waals surface area (Å²) in [6.07, 6.45) is 1.93. The molecule has 104 valence electrons. The van der Waals surface area contributed by atoms with Crippen LogP contribution in [0.2, 0.25) is 5.02 Å². The van der Waals surface area contributed by atoms with Crippen molar-refractivity contribution in [1.82, 2.24) is 4.98 Å². The maximum absolute atomic E-state index is 10.7. The Morgan fingerprint density at radius 3 is 2.55 bits per heavy atom. The van der Waals surface area contributed by atoms with Crippen LogP contribution in [-0.4, -0.2) is 22.1 Å². The fourth-order valence-corrected chi connectivity index (χ4v) is 2.44. The lowest BCUT2D eigenvalue weighted by atomic mass is 10.1. The van der Waals surface area contributed by atoms with E-state index in [1.54, 1.807) is 6.20 Å². The molecular formula is C14H13ClN2O2S. The van der Waals surface area contributed by atoms with Gasteiger partial charge in [0, 0.05) is 16.1 Å². The number of nitrogens with zero attached hydrogens (tertiary/aromatic N) is 1. The first-order valence-corrected chi connectivity index (χ1v) is 7.11. The summed E-state index contributed by atoms with van der Waals surface area (Å²) < 4.78 is 0. The van der Waals surface area contributed by atoms with Gasteiger partial charge in [-0.1, -0.05) is 29.4 Å². The van der Waals surface area contributed by atoms with Crippen LogP contribution in [0.1, 0.15) is 5.56 Å². The van der Waals surface area contributed by atoms with Crippen LogP contribution in [0, 0.1) is 0 Å². The Balaban J connectivity index is 2.01. The van der Waals surface area contributed by atoms with E-state index in [0.717, 1.165) is 15.5 Å². The molecule has 1 atom stereocenters. The Morgan fingerprint density at radius 1 is 1.30 bits per heavy atom. The number of hydrogen-bond donors (Lipinski definition) is 2. The lowest BCUT2D eigenvalue weighted by Crippen LogP contribution is -2.32. The lowest BCUT2D eigenvalue weighted by Gasteiger charge is -2.06. The number of hydrogen-bond acceptors (Lipinski definition) is 4. The zero-order chi connectivity index (χ0) is 14.5. The summed E-state index contributed by atoms with van der Waals surface area (Å²) in [4.78, 5) is 16.0. The normalized spacial score (nSPS) is 12.1. The third kappa shape index (κ3) is 4.23. The van der Waals surface area contributed by atoms with Crippen LogP contribution in [0.15, 0.2) is 52.5 Å². The topological polar surface area (TPSA) is 76.2 Å². The number of halogens is 1. The molecule has 0 fully saturated rings. The lowest BCUT2D eigenvalue weighted by molar-refractivity contribution is -0.138. The molecule has 0 radical (unpaired) electrons. The summed E-state index contributed by atoms with van der Waals surface area (Å²) in [5.41, 5.74) is 6.29. The van der Waals surface area contributed by atoms with E-state index in [1.807, 2.05) is 36.4 Å². The number of aliphatic carboxylic acids is 1.